The summed E-state index contributed by atoms with van der Waals surface area (Å²) in [6.07, 6.45) is 0.853. The van der Waals surface area contributed by atoms with Crippen LogP contribution in [0.2, 0.25) is 5.02 Å². The molecule has 0 bridgehead atoms. The highest BCUT2D eigenvalue weighted by Gasteiger charge is 2.25. The van der Waals surface area contributed by atoms with Crippen LogP contribution in [0.3, 0.4) is 0 Å². The van der Waals surface area contributed by atoms with Gasteiger partial charge < -0.3 is 10.1 Å². The van der Waals surface area contributed by atoms with Gasteiger partial charge in [-0.1, -0.05) is 31.5 Å². The third-order valence-corrected chi connectivity index (χ3v) is 2.94. The van der Waals surface area contributed by atoms with E-state index in [1.165, 1.54) is 0 Å². The van der Waals surface area contributed by atoms with Gasteiger partial charge in [0.2, 0.25) is 0 Å². The fraction of sp³-hybridized carbons (Fsp3) is 0.500. The molecule has 1 atom stereocenters. The fourth-order valence-electron chi connectivity index (χ4n) is 1.98. The minimum Gasteiger partial charge on any atom is -0.490 e. The second-order valence-electron chi connectivity index (χ2n) is 4.29. The van der Waals surface area contributed by atoms with Crippen molar-refractivity contribution in [2.75, 3.05) is 6.61 Å². The van der Waals surface area contributed by atoms with Crippen LogP contribution in [0.25, 0.3) is 0 Å². The van der Waals surface area contributed by atoms with Crippen LogP contribution in [0.15, 0.2) is 12.1 Å². The molecule has 88 valence electrons. The molecule has 0 radical (unpaired) electrons. The average Bonchev–Trinajstić information content (AvgIpc) is 2.23. The minimum absolute atomic E-state index is 0.115. The monoisotopic (exact) mass is 243 g/mol. The summed E-state index contributed by atoms with van der Waals surface area (Å²) in [4.78, 5) is 0. The molecule has 0 saturated carbocycles. The Morgan fingerprint density at radius 3 is 2.94 bits per heavy atom. The van der Waals surface area contributed by atoms with Crippen molar-refractivity contribution in [1.29, 1.82) is 0 Å². The molecule has 0 aliphatic carbocycles. The maximum Gasteiger partial charge on any atom is 0.183 e. The zero-order chi connectivity index (χ0) is 11.7. The van der Waals surface area contributed by atoms with Crippen molar-refractivity contribution in [1.82, 2.24) is 5.32 Å². The third kappa shape index (κ3) is 2.15. The quantitative estimate of drug-likeness (QED) is 0.861. The number of rotatable bonds is 2. The predicted octanol–water partition coefficient (Wildman–Crippen LogP) is 3.30. The van der Waals surface area contributed by atoms with Gasteiger partial charge in [-0.25, -0.2) is 4.39 Å². The first-order valence-electron chi connectivity index (χ1n) is 5.46. The Balaban J connectivity index is 2.36. The number of benzene rings is 1. The summed E-state index contributed by atoms with van der Waals surface area (Å²) in [6.45, 7) is 4.66. The van der Waals surface area contributed by atoms with Gasteiger partial charge in [0.1, 0.15) is 0 Å². The molecule has 1 aromatic rings. The van der Waals surface area contributed by atoms with Crippen LogP contribution in [0.5, 0.6) is 5.75 Å². The maximum atomic E-state index is 13.7. The number of halogens is 2. The molecule has 4 heteroatoms. The van der Waals surface area contributed by atoms with Gasteiger partial charge in [-0.2, -0.15) is 0 Å². The standard InChI is InChI=1S/C12H15ClFNO/c1-7(2)15-10-5-6-16-12-8(10)3-4-9(13)11(12)14/h3-4,7,10,15H,5-6H2,1-2H3. The van der Waals surface area contributed by atoms with Gasteiger partial charge in [0.25, 0.3) is 0 Å². The van der Waals surface area contributed by atoms with Gasteiger partial charge in [-0.05, 0) is 6.07 Å². The molecular formula is C12H15ClFNO. The largest absolute Gasteiger partial charge is 0.490 e. The molecule has 0 spiro atoms. The Labute approximate surface area is 99.7 Å². The predicted molar refractivity (Wildman–Crippen MR) is 62.5 cm³/mol. The molecule has 0 fully saturated rings. The van der Waals surface area contributed by atoms with Crippen molar-refractivity contribution >= 4 is 11.6 Å². The first kappa shape index (κ1) is 11.7. The summed E-state index contributed by atoms with van der Waals surface area (Å²) in [7, 11) is 0. The second kappa shape index (κ2) is 4.60. The molecule has 1 aliphatic heterocycles. The smallest absolute Gasteiger partial charge is 0.183 e. The summed E-state index contributed by atoms with van der Waals surface area (Å²) in [5.74, 6) is -0.147. The van der Waals surface area contributed by atoms with Crippen molar-refractivity contribution in [3.8, 4) is 5.75 Å². The van der Waals surface area contributed by atoms with E-state index in [4.69, 9.17) is 16.3 Å². The topological polar surface area (TPSA) is 21.3 Å². The van der Waals surface area contributed by atoms with Crippen molar-refractivity contribution < 1.29 is 9.13 Å². The lowest BCUT2D eigenvalue weighted by molar-refractivity contribution is 0.236. The van der Waals surface area contributed by atoms with E-state index in [0.717, 1.165) is 12.0 Å². The number of hydrogen-bond acceptors (Lipinski definition) is 2. The van der Waals surface area contributed by atoms with Gasteiger partial charge in [0, 0.05) is 24.1 Å². The normalized spacial score (nSPS) is 19.4. The van der Waals surface area contributed by atoms with Crippen LogP contribution < -0.4 is 10.1 Å². The lowest BCUT2D eigenvalue weighted by Crippen LogP contribution is -2.32. The Hall–Kier alpha value is -0.800. The number of ether oxygens (including phenoxy) is 1. The van der Waals surface area contributed by atoms with Crippen molar-refractivity contribution in [2.24, 2.45) is 0 Å². The minimum atomic E-state index is -0.450. The van der Waals surface area contributed by atoms with E-state index >= 15 is 0 Å². The zero-order valence-corrected chi connectivity index (χ0v) is 10.1. The molecule has 1 aromatic carbocycles. The molecule has 1 N–H and O–H groups in total. The first-order valence-corrected chi connectivity index (χ1v) is 5.84. The Kier molecular flexibility index (Phi) is 3.36. The van der Waals surface area contributed by atoms with Gasteiger partial charge in [-0.15, -0.1) is 0 Å². The van der Waals surface area contributed by atoms with Crippen molar-refractivity contribution in [2.45, 2.75) is 32.4 Å². The van der Waals surface area contributed by atoms with Gasteiger partial charge >= 0.3 is 0 Å². The molecule has 0 saturated heterocycles. The molecule has 0 aromatic heterocycles. The van der Waals surface area contributed by atoms with E-state index in [1.807, 2.05) is 6.07 Å². The summed E-state index contributed by atoms with van der Waals surface area (Å²) >= 11 is 5.72. The summed E-state index contributed by atoms with van der Waals surface area (Å²) in [5.41, 5.74) is 0.863. The molecule has 0 amide bonds. The lowest BCUT2D eigenvalue weighted by Gasteiger charge is -2.28. The fourth-order valence-corrected chi connectivity index (χ4v) is 2.13. The molecule has 1 heterocycles. The SMILES string of the molecule is CC(C)NC1CCOc2c1ccc(Cl)c2F. The highest BCUT2D eigenvalue weighted by atomic mass is 35.5. The van der Waals surface area contributed by atoms with Gasteiger partial charge in [0.15, 0.2) is 11.6 Å². The Morgan fingerprint density at radius 2 is 2.25 bits per heavy atom. The highest BCUT2D eigenvalue weighted by molar-refractivity contribution is 6.30. The van der Waals surface area contributed by atoms with E-state index in [0.29, 0.717) is 18.4 Å². The van der Waals surface area contributed by atoms with Crippen LogP contribution >= 0.6 is 11.6 Å². The Bertz CT molecular complexity index is 395. The summed E-state index contributed by atoms with van der Waals surface area (Å²) < 4.78 is 19.1. The second-order valence-corrected chi connectivity index (χ2v) is 4.70. The molecule has 2 rings (SSSR count). The molecule has 16 heavy (non-hydrogen) atoms. The summed E-state index contributed by atoms with van der Waals surface area (Å²) in [5, 5.41) is 3.51. The van der Waals surface area contributed by atoms with Crippen LogP contribution in [0.4, 0.5) is 4.39 Å². The van der Waals surface area contributed by atoms with Gasteiger partial charge in [0.05, 0.1) is 11.6 Å². The molecular weight excluding hydrogens is 229 g/mol. The maximum absolute atomic E-state index is 13.7. The van der Waals surface area contributed by atoms with Crippen LogP contribution in [-0.2, 0) is 0 Å². The van der Waals surface area contributed by atoms with Crippen LogP contribution in [-0.4, -0.2) is 12.6 Å². The lowest BCUT2D eigenvalue weighted by atomic mass is 9.99. The molecule has 1 aliphatic rings. The molecule has 2 nitrogen and oxygen atoms in total. The third-order valence-electron chi connectivity index (χ3n) is 2.64. The van der Waals surface area contributed by atoms with Crippen molar-refractivity contribution in [3.05, 3.63) is 28.5 Å². The average molecular weight is 244 g/mol. The van der Waals surface area contributed by atoms with E-state index in [9.17, 15) is 4.39 Å². The van der Waals surface area contributed by atoms with Crippen molar-refractivity contribution in [3.63, 3.8) is 0 Å². The number of hydrogen-bond donors (Lipinski definition) is 1. The van der Waals surface area contributed by atoms with E-state index in [-0.39, 0.29) is 11.1 Å². The number of nitrogens with one attached hydrogen (secondary N) is 1. The first-order chi connectivity index (χ1) is 7.59. The molecule has 1 unspecified atom stereocenters. The van der Waals surface area contributed by atoms with E-state index in [1.54, 1.807) is 6.07 Å². The summed E-state index contributed by atoms with van der Waals surface area (Å²) in [6, 6.07) is 3.92. The van der Waals surface area contributed by atoms with Gasteiger partial charge in [-0.3, -0.25) is 0 Å². The highest BCUT2D eigenvalue weighted by Crippen LogP contribution is 2.37. The Morgan fingerprint density at radius 1 is 1.50 bits per heavy atom. The number of fused-ring (bicyclic) bond motifs is 1. The van der Waals surface area contributed by atoms with E-state index in [2.05, 4.69) is 19.2 Å². The van der Waals surface area contributed by atoms with Crippen LogP contribution in [0, 0.1) is 5.82 Å². The van der Waals surface area contributed by atoms with Crippen LogP contribution in [0.1, 0.15) is 31.9 Å². The van der Waals surface area contributed by atoms with E-state index < -0.39 is 5.82 Å². The zero-order valence-electron chi connectivity index (χ0n) is 9.39.